The van der Waals surface area contributed by atoms with Crippen molar-refractivity contribution in [2.45, 2.75) is 58.5 Å². The van der Waals surface area contributed by atoms with Crippen molar-refractivity contribution < 1.29 is 9.66 Å². The molecule has 19 heavy (non-hydrogen) atoms. The lowest BCUT2D eigenvalue weighted by molar-refractivity contribution is -0.384. The fourth-order valence-electron chi connectivity index (χ4n) is 2.05. The van der Waals surface area contributed by atoms with Crippen LogP contribution in [0.1, 0.15) is 52.4 Å². The molecule has 0 aliphatic carbocycles. The van der Waals surface area contributed by atoms with E-state index in [2.05, 4.69) is 13.8 Å². The topological polar surface area (TPSA) is 52.4 Å². The van der Waals surface area contributed by atoms with Crippen LogP contribution < -0.4 is 4.74 Å². The van der Waals surface area contributed by atoms with Crippen molar-refractivity contribution in [3.8, 4) is 5.75 Å². The van der Waals surface area contributed by atoms with Crippen molar-refractivity contribution in [2.24, 2.45) is 0 Å². The Balaban J connectivity index is 2.54. The fraction of sp³-hybridized carbons (Fsp3) is 0.600. The molecule has 4 nitrogen and oxygen atoms in total. The maximum atomic E-state index is 10.6. The van der Waals surface area contributed by atoms with E-state index in [1.165, 1.54) is 31.4 Å². The first-order valence-electron chi connectivity index (χ1n) is 7.08. The van der Waals surface area contributed by atoms with Gasteiger partial charge in [0.2, 0.25) is 0 Å². The first-order valence-corrected chi connectivity index (χ1v) is 7.08. The van der Waals surface area contributed by atoms with Crippen LogP contribution in [0.4, 0.5) is 5.69 Å². The largest absolute Gasteiger partial charge is 0.490 e. The summed E-state index contributed by atoms with van der Waals surface area (Å²) >= 11 is 0. The zero-order valence-electron chi connectivity index (χ0n) is 11.8. The first-order chi connectivity index (χ1) is 9.17. The van der Waals surface area contributed by atoms with Gasteiger partial charge in [0.1, 0.15) is 5.75 Å². The average molecular weight is 265 g/mol. The van der Waals surface area contributed by atoms with Crippen LogP contribution in [0, 0.1) is 10.1 Å². The zero-order valence-corrected chi connectivity index (χ0v) is 11.8. The van der Waals surface area contributed by atoms with Crippen LogP contribution in [0.3, 0.4) is 0 Å². The Hall–Kier alpha value is -1.58. The van der Waals surface area contributed by atoms with Crippen molar-refractivity contribution in [1.82, 2.24) is 0 Å². The number of benzene rings is 1. The number of hydrogen-bond acceptors (Lipinski definition) is 3. The van der Waals surface area contributed by atoms with Crippen LogP contribution in [-0.2, 0) is 0 Å². The fourth-order valence-corrected chi connectivity index (χ4v) is 2.05. The molecule has 1 rings (SSSR count). The monoisotopic (exact) mass is 265 g/mol. The first kappa shape index (κ1) is 15.5. The third-order valence-electron chi connectivity index (χ3n) is 3.09. The normalized spacial score (nSPS) is 12.1. The molecule has 0 fully saturated rings. The number of non-ortho nitro benzene ring substituents is 1. The lowest BCUT2D eigenvalue weighted by atomic mass is 10.1. The number of nitro benzene ring substituents is 1. The van der Waals surface area contributed by atoms with E-state index in [1.807, 2.05) is 0 Å². The van der Waals surface area contributed by atoms with Gasteiger partial charge in [0, 0.05) is 12.1 Å². The van der Waals surface area contributed by atoms with E-state index >= 15 is 0 Å². The molecule has 1 atom stereocenters. The molecule has 1 aromatic carbocycles. The summed E-state index contributed by atoms with van der Waals surface area (Å²) in [7, 11) is 0. The van der Waals surface area contributed by atoms with Crippen molar-refractivity contribution >= 4 is 5.69 Å². The van der Waals surface area contributed by atoms with Gasteiger partial charge in [-0.3, -0.25) is 10.1 Å². The number of ether oxygens (including phenoxy) is 1. The Kier molecular flexibility index (Phi) is 6.93. The molecule has 0 bridgehead atoms. The number of hydrogen-bond donors (Lipinski definition) is 0. The van der Waals surface area contributed by atoms with Crippen molar-refractivity contribution in [3.05, 3.63) is 34.4 Å². The van der Waals surface area contributed by atoms with Gasteiger partial charge in [-0.05, 0) is 31.4 Å². The molecular weight excluding hydrogens is 242 g/mol. The molecule has 4 heteroatoms. The van der Waals surface area contributed by atoms with E-state index in [9.17, 15) is 10.1 Å². The van der Waals surface area contributed by atoms with E-state index < -0.39 is 4.92 Å². The number of nitro groups is 1. The summed E-state index contributed by atoms with van der Waals surface area (Å²) in [5.41, 5.74) is 0.102. The molecule has 0 N–H and O–H groups in total. The van der Waals surface area contributed by atoms with Crippen LogP contribution >= 0.6 is 0 Å². The molecule has 0 saturated carbocycles. The van der Waals surface area contributed by atoms with Gasteiger partial charge in [-0.15, -0.1) is 0 Å². The van der Waals surface area contributed by atoms with Crippen LogP contribution in [0.15, 0.2) is 24.3 Å². The van der Waals surface area contributed by atoms with E-state index in [-0.39, 0.29) is 11.8 Å². The summed E-state index contributed by atoms with van der Waals surface area (Å²) in [6.45, 7) is 4.33. The minimum atomic E-state index is -0.394. The minimum Gasteiger partial charge on any atom is -0.490 e. The second-order valence-electron chi connectivity index (χ2n) is 4.78. The van der Waals surface area contributed by atoms with E-state index in [0.717, 1.165) is 25.0 Å². The molecule has 106 valence electrons. The number of rotatable bonds is 9. The van der Waals surface area contributed by atoms with E-state index in [4.69, 9.17) is 4.74 Å². The molecule has 0 radical (unpaired) electrons. The second kappa shape index (κ2) is 8.51. The van der Waals surface area contributed by atoms with Crippen molar-refractivity contribution in [1.29, 1.82) is 0 Å². The zero-order chi connectivity index (χ0) is 14.1. The third kappa shape index (κ3) is 5.73. The maximum absolute atomic E-state index is 10.6. The number of unbranched alkanes of at least 4 members (excludes halogenated alkanes) is 2. The van der Waals surface area contributed by atoms with E-state index in [0.29, 0.717) is 0 Å². The maximum Gasteiger partial charge on any atom is 0.269 e. The molecule has 1 aromatic rings. The van der Waals surface area contributed by atoms with Crippen LogP contribution in [0.2, 0.25) is 0 Å². The molecule has 0 spiro atoms. The lowest BCUT2D eigenvalue weighted by Crippen LogP contribution is -2.16. The average Bonchev–Trinajstić information content (AvgIpc) is 2.40. The van der Waals surface area contributed by atoms with Crippen molar-refractivity contribution in [3.63, 3.8) is 0 Å². The molecule has 1 unspecified atom stereocenters. The molecule has 0 aromatic heterocycles. The van der Waals surface area contributed by atoms with Gasteiger partial charge in [0.15, 0.2) is 0 Å². The molecule has 0 heterocycles. The summed E-state index contributed by atoms with van der Waals surface area (Å²) in [6, 6.07) is 6.34. The summed E-state index contributed by atoms with van der Waals surface area (Å²) in [5, 5.41) is 10.6. The molecule has 0 amide bonds. The third-order valence-corrected chi connectivity index (χ3v) is 3.09. The van der Waals surface area contributed by atoms with Gasteiger partial charge >= 0.3 is 0 Å². The summed E-state index contributed by atoms with van der Waals surface area (Å²) < 4.78 is 5.91. The highest BCUT2D eigenvalue weighted by Crippen LogP contribution is 2.21. The smallest absolute Gasteiger partial charge is 0.269 e. The predicted octanol–water partition coefficient (Wildman–Crippen LogP) is 4.72. The van der Waals surface area contributed by atoms with Gasteiger partial charge in [-0.1, -0.05) is 33.1 Å². The lowest BCUT2D eigenvalue weighted by Gasteiger charge is -2.18. The van der Waals surface area contributed by atoms with Crippen LogP contribution in [-0.4, -0.2) is 11.0 Å². The Morgan fingerprint density at radius 2 is 1.79 bits per heavy atom. The van der Waals surface area contributed by atoms with Gasteiger partial charge in [-0.25, -0.2) is 0 Å². The number of nitrogens with zero attached hydrogens (tertiary/aromatic N) is 1. The second-order valence-corrected chi connectivity index (χ2v) is 4.78. The van der Waals surface area contributed by atoms with Crippen LogP contribution in [0.5, 0.6) is 5.75 Å². The summed E-state index contributed by atoms with van der Waals surface area (Å²) in [5.74, 6) is 0.723. The molecule has 0 saturated heterocycles. The van der Waals surface area contributed by atoms with Gasteiger partial charge in [-0.2, -0.15) is 0 Å². The SMILES string of the molecule is CCCCCC(CCC)Oc1ccc([N+](=O)[O-])cc1. The predicted molar refractivity (Wildman–Crippen MR) is 76.6 cm³/mol. The molecule has 0 aliphatic rings. The Bertz CT molecular complexity index is 375. The highest BCUT2D eigenvalue weighted by Gasteiger charge is 2.10. The minimum absolute atomic E-state index is 0.102. The van der Waals surface area contributed by atoms with Gasteiger partial charge in [0.05, 0.1) is 11.0 Å². The Morgan fingerprint density at radius 1 is 1.11 bits per heavy atom. The van der Waals surface area contributed by atoms with Gasteiger partial charge in [0.25, 0.3) is 5.69 Å². The molecular formula is C15H23NO3. The molecule has 0 aliphatic heterocycles. The van der Waals surface area contributed by atoms with E-state index in [1.54, 1.807) is 12.1 Å². The Morgan fingerprint density at radius 3 is 2.32 bits per heavy atom. The standard InChI is InChI=1S/C15H23NO3/c1-3-5-6-8-14(7-4-2)19-15-11-9-13(10-12-15)16(17)18/h9-12,14H,3-8H2,1-2H3. The van der Waals surface area contributed by atoms with Crippen molar-refractivity contribution in [2.75, 3.05) is 0 Å². The summed E-state index contributed by atoms with van der Waals surface area (Å²) in [6.07, 6.45) is 7.00. The highest BCUT2D eigenvalue weighted by atomic mass is 16.6. The van der Waals surface area contributed by atoms with Gasteiger partial charge < -0.3 is 4.74 Å². The van der Waals surface area contributed by atoms with Crippen LogP contribution in [0.25, 0.3) is 0 Å². The quantitative estimate of drug-likeness (QED) is 0.368. The summed E-state index contributed by atoms with van der Waals surface area (Å²) in [4.78, 5) is 10.2. The highest BCUT2D eigenvalue weighted by molar-refractivity contribution is 5.36. The Labute approximate surface area is 114 Å².